The third kappa shape index (κ3) is 5.23. The maximum atomic E-state index is 11.1. The Kier molecular flexibility index (Phi) is 5.88. The number of alkyl carbamates (subject to hydrolysis) is 1. The number of hydrogen-bond donors (Lipinski definition) is 2. The molecule has 18 heavy (non-hydrogen) atoms. The van der Waals surface area contributed by atoms with E-state index in [0.717, 1.165) is 45.4 Å². The number of amides is 1. The summed E-state index contributed by atoms with van der Waals surface area (Å²) in [5, 5.41) is 2.85. The maximum Gasteiger partial charge on any atom is 0.407 e. The Morgan fingerprint density at radius 2 is 2.28 bits per heavy atom. The predicted octanol–water partition coefficient (Wildman–Crippen LogP) is 1.18. The van der Waals surface area contributed by atoms with Crippen LogP contribution in [0, 0.1) is 5.41 Å². The minimum atomic E-state index is -0.328. The molecule has 3 N–H and O–H groups in total. The van der Waals surface area contributed by atoms with Crippen LogP contribution in [-0.2, 0) is 4.74 Å². The maximum absolute atomic E-state index is 11.1. The highest BCUT2D eigenvalue weighted by Crippen LogP contribution is 2.21. The van der Waals surface area contributed by atoms with Crippen LogP contribution in [0.4, 0.5) is 4.79 Å². The second-order valence-electron chi connectivity index (χ2n) is 5.89. The highest BCUT2D eigenvalue weighted by molar-refractivity contribution is 5.67. The summed E-state index contributed by atoms with van der Waals surface area (Å²) in [4.78, 5) is 13.5. The average Bonchev–Trinajstić information content (AvgIpc) is 2.76. The largest absolute Gasteiger partial charge is 0.453 e. The summed E-state index contributed by atoms with van der Waals surface area (Å²) >= 11 is 0. The lowest BCUT2D eigenvalue weighted by molar-refractivity contribution is 0.166. The number of likely N-dealkylation sites (tertiary alicyclic amines) is 1. The first-order valence-electron chi connectivity index (χ1n) is 6.74. The molecule has 0 saturated carbocycles. The lowest BCUT2D eigenvalue weighted by Gasteiger charge is -2.24. The lowest BCUT2D eigenvalue weighted by Crippen LogP contribution is -2.37. The van der Waals surface area contributed by atoms with Gasteiger partial charge in [0.25, 0.3) is 0 Å². The number of methoxy groups -OCH3 is 1. The van der Waals surface area contributed by atoms with Gasteiger partial charge in [-0.25, -0.2) is 4.79 Å². The van der Waals surface area contributed by atoms with Crippen LogP contribution in [0.5, 0.6) is 0 Å². The van der Waals surface area contributed by atoms with Gasteiger partial charge in [0.1, 0.15) is 0 Å². The van der Waals surface area contributed by atoms with Crippen LogP contribution in [0.3, 0.4) is 0 Å². The molecule has 1 fully saturated rings. The van der Waals surface area contributed by atoms with E-state index in [0.29, 0.717) is 0 Å². The van der Waals surface area contributed by atoms with E-state index in [1.807, 2.05) is 0 Å². The Morgan fingerprint density at radius 1 is 1.56 bits per heavy atom. The standard InChI is InChI=1S/C13H27N3O2/c1-13(2,10-14)6-4-7-16-8-5-11(9-16)15-12(17)18-3/h11H,4-10,14H2,1-3H3,(H,15,17). The quantitative estimate of drug-likeness (QED) is 0.750. The molecule has 0 radical (unpaired) electrons. The van der Waals surface area contributed by atoms with Gasteiger partial charge in [0.05, 0.1) is 7.11 Å². The molecular formula is C13H27N3O2. The fourth-order valence-electron chi connectivity index (χ4n) is 2.26. The summed E-state index contributed by atoms with van der Waals surface area (Å²) in [7, 11) is 1.40. The molecule has 0 spiro atoms. The molecule has 1 saturated heterocycles. The van der Waals surface area contributed by atoms with Crippen LogP contribution in [0.25, 0.3) is 0 Å². The molecule has 5 nitrogen and oxygen atoms in total. The molecule has 5 heteroatoms. The van der Waals surface area contributed by atoms with Crippen LogP contribution >= 0.6 is 0 Å². The molecule has 1 aliphatic heterocycles. The van der Waals surface area contributed by atoms with E-state index in [1.54, 1.807) is 0 Å². The van der Waals surface area contributed by atoms with E-state index in [1.165, 1.54) is 7.11 Å². The molecular weight excluding hydrogens is 230 g/mol. The highest BCUT2D eigenvalue weighted by atomic mass is 16.5. The van der Waals surface area contributed by atoms with Crippen LogP contribution in [0.2, 0.25) is 0 Å². The molecule has 1 aliphatic rings. The second-order valence-corrected chi connectivity index (χ2v) is 5.89. The molecule has 1 heterocycles. The van der Waals surface area contributed by atoms with Crippen molar-refractivity contribution in [2.24, 2.45) is 11.1 Å². The number of rotatable bonds is 6. The van der Waals surface area contributed by atoms with Crippen LogP contribution in [0.15, 0.2) is 0 Å². The Bertz CT molecular complexity index is 269. The van der Waals surface area contributed by atoms with Gasteiger partial charge in [-0.15, -0.1) is 0 Å². The fourth-order valence-corrected chi connectivity index (χ4v) is 2.26. The van der Waals surface area contributed by atoms with Crippen molar-refractivity contribution < 1.29 is 9.53 Å². The molecule has 106 valence electrons. The highest BCUT2D eigenvalue weighted by Gasteiger charge is 2.24. The van der Waals surface area contributed by atoms with Gasteiger partial charge in [-0.1, -0.05) is 13.8 Å². The smallest absolute Gasteiger partial charge is 0.407 e. The summed E-state index contributed by atoms with van der Waals surface area (Å²) < 4.78 is 4.61. The normalized spacial score (nSPS) is 21.0. The van der Waals surface area contributed by atoms with Crippen molar-refractivity contribution in [2.75, 3.05) is 33.3 Å². The molecule has 1 atom stereocenters. The van der Waals surface area contributed by atoms with Crippen molar-refractivity contribution in [3.63, 3.8) is 0 Å². The van der Waals surface area contributed by atoms with Gasteiger partial charge >= 0.3 is 6.09 Å². The topological polar surface area (TPSA) is 67.6 Å². The van der Waals surface area contributed by atoms with Gasteiger partial charge in [0.2, 0.25) is 0 Å². The first kappa shape index (κ1) is 15.2. The number of carbonyl (C=O) groups excluding carboxylic acids is 1. The Balaban J connectivity index is 2.17. The molecule has 0 aliphatic carbocycles. The van der Waals surface area contributed by atoms with Gasteiger partial charge < -0.3 is 20.7 Å². The summed E-state index contributed by atoms with van der Waals surface area (Å²) in [6.07, 6.45) is 2.99. The van der Waals surface area contributed by atoms with Crippen molar-refractivity contribution in [3.8, 4) is 0 Å². The van der Waals surface area contributed by atoms with E-state index in [9.17, 15) is 4.79 Å². The monoisotopic (exact) mass is 257 g/mol. The number of ether oxygens (including phenoxy) is 1. The van der Waals surface area contributed by atoms with E-state index in [4.69, 9.17) is 5.73 Å². The van der Waals surface area contributed by atoms with Crippen molar-refractivity contribution in [3.05, 3.63) is 0 Å². The lowest BCUT2D eigenvalue weighted by atomic mass is 9.88. The molecule has 0 aromatic heterocycles. The van der Waals surface area contributed by atoms with Gasteiger partial charge in [0.15, 0.2) is 0 Å². The van der Waals surface area contributed by atoms with Crippen molar-refractivity contribution in [1.82, 2.24) is 10.2 Å². The number of carbonyl (C=O) groups is 1. The van der Waals surface area contributed by atoms with Crippen molar-refractivity contribution >= 4 is 6.09 Å². The fraction of sp³-hybridized carbons (Fsp3) is 0.923. The summed E-state index contributed by atoms with van der Waals surface area (Å²) in [6, 6.07) is 0.236. The zero-order valence-electron chi connectivity index (χ0n) is 11.9. The summed E-state index contributed by atoms with van der Waals surface area (Å²) in [5.74, 6) is 0. The Hall–Kier alpha value is -0.810. The van der Waals surface area contributed by atoms with Gasteiger partial charge in [-0.2, -0.15) is 0 Å². The predicted molar refractivity (Wildman–Crippen MR) is 72.5 cm³/mol. The molecule has 0 aromatic rings. The average molecular weight is 257 g/mol. The van der Waals surface area contributed by atoms with Gasteiger partial charge in [0, 0.05) is 19.1 Å². The minimum Gasteiger partial charge on any atom is -0.453 e. The summed E-state index contributed by atoms with van der Waals surface area (Å²) in [5.41, 5.74) is 5.96. The number of nitrogens with one attached hydrogen (secondary N) is 1. The zero-order valence-corrected chi connectivity index (χ0v) is 11.9. The molecule has 0 bridgehead atoms. The second kappa shape index (κ2) is 6.95. The Labute approximate surface area is 110 Å². The van der Waals surface area contributed by atoms with E-state index < -0.39 is 0 Å². The van der Waals surface area contributed by atoms with E-state index in [2.05, 4.69) is 28.8 Å². The number of hydrogen-bond acceptors (Lipinski definition) is 4. The molecule has 1 amide bonds. The molecule has 1 rings (SSSR count). The van der Waals surface area contributed by atoms with Crippen molar-refractivity contribution in [2.45, 2.75) is 39.2 Å². The van der Waals surface area contributed by atoms with Crippen LogP contribution in [-0.4, -0.2) is 50.3 Å². The molecule has 0 aromatic carbocycles. The summed E-state index contributed by atoms with van der Waals surface area (Å²) in [6.45, 7) is 8.22. The first-order valence-corrected chi connectivity index (χ1v) is 6.74. The van der Waals surface area contributed by atoms with E-state index >= 15 is 0 Å². The SMILES string of the molecule is COC(=O)NC1CCN(CCCC(C)(C)CN)C1. The van der Waals surface area contributed by atoms with Crippen LogP contribution in [0.1, 0.15) is 33.1 Å². The first-order chi connectivity index (χ1) is 8.46. The number of nitrogens with two attached hydrogens (primary N) is 1. The van der Waals surface area contributed by atoms with E-state index in [-0.39, 0.29) is 17.6 Å². The third-order valence-electron chi connectivity index (χ3n) is 3.66. The van der Waals surface area contributed by atoms with Crippen molar-refractivity contribution in [1.29, 1.82) is 0 Å². The molecule has 1 unspecified atom stereocenters. The van der Waals surface area contributed by atoms with Gasteiger partial charge in [-0.3, -0.25) is 0 Å². The zero-order chi connectivity index (χ0) is 13.6. The van der Waals surface area contributed by atoms with Crippen LogP contribution < -0.4 is 11.1 Å². The Morgan fingerprint density at radius 3 is 2.89 bits per heavy atom. The number of nitrogens with zero attached hydrogens (tertiary/aromatic N) is 1. The third-order valence-corrected chi connectivity index (χ3v) is 3.66. The minimum absolute atomic E-state index is 0.236. The van der Waals surface area contributed by atoms with Gasteiger partial charge in [-0.05, 0) is 37.8 Å².